The lowest BCUT2D eigenvalue weighted by molar-refractivity contribution is -0.148. The average molecular weight is 668 g/mol. The molecule has 250 valence electrons. The van der Waals surface area contributed by atoms with Crippen LogP contribution in [0.3, 0.4) is 0 Å². The van der Waals surface area contributed by atoms with Gasteiger partial charge in [0.1, 0.15) is 37.2 Å². The van der Waals surface area contributed by atoms with Gasteiger partial charge in [0.2, 0.25) is 5.91 Å². The van der Waals surface area contributed by atoms with E-state index in [1.807, 2.05) is 60.7 Å². The summed E-state index contributed by atoms with van der Waals surface area (Å²) in [6.07, 6.45) is -0.518. The van der Waals surface area contributed by atoms with Crippen LogP contribution >= 0.6 is 11.8 Å². The second-order valence-corrected chi connectivity index (χ2v) is 11.4. The Morgan fingerprint density at radius 3 is 2.00 bits per heavy atom. The van der Waals surface area contributed by atoms with E-state index in [0.717, 1.165) is 11.1 Å². The molecule has 3 amide bonds. The van der Waals surface area contributed by atoms with Crippen molar-refractivity contribution in [3.05, 3.63) is 94.5 Å². The number of esters is 1. The Morgan fingerprint density at radius 1 is 0.872 bits per heavy atom. The average Bonchev–Trinajstić information content (AvgIpc) is 3.53. The molecule has 3 aromatic rings. The van der Waals surface area contributed by atoms with Crippen LogP contribution in [0, 0.1) is 0 Å². The van der Waals surface area contributed by atoms with Crippen molar-refractivity contribution in [1.29, 1.82) is 0 Å². The highest BCUT2D eigenvalue weighted by Gasteiger charge is 2.30. The topological polar surface area (TPSA) is 159 Å². The van der Waals surface area contributed by atoms with Crippen LogP contribution in [0.5, 0.6) is 0 Å². The Morgan fingerprint density at radius 2 is 1.45 bits per heavy atom. The predicted molar refractivity (Wildman–Crippen MR) is 172 cm³/mol. The quantitative estimate of drug-likeness (QED) is 0.198. The Labute approximate surface area is 275 Å². The van der Waals surface area contributed by atoms with E-state index in [0.29, 0.717) is 5.75 Å². The standard InChI is InChI=1S/C32H37N5O9S/c1-3-43-31(41)35(17-23-11-7-5-8-12-23)19-26(38)33-25-15-16-37(30(40)34-25)27-22-47-29(46-27)21-45-28(39)20-36(32(42)44-4-2)18-24-13-9-6-10-14-24/h5-16,27,29H,3-4,17-22H2,1-2H3,(H,33,34,38,40). The first-order valence-corrected chi connectivity index (χ1v) is 16.0. The molecule has 0 aliphatic carbocycles. The van der Waals surface area contributed by atoms with Gasteiger partial charge >= 0.3 is 23.8 Å². The molecule has 4 rings (SSSR count). The predicted octanol–water partition coefficient (Wildman–Crippen LogP) is 3.63. The van der Waals surface area contributed by atoms with Crippen LogP contribution in [0.4, 0.5) is 15.4 Å². The first kappa shape index (κ1) is 35.0. The van der Waals surface area contributed by atoms with Gasteiger partial charge in [-0.05, 0) is 31.0 Å². The van der Waals surface area contributed by atoms with Crippen LogP contribution in [-0.4, -0.2) is 87.5 Å². The lowest BCUT2D eigenvalue weighted by atomic mass is 10.2. The second-order valence-electron chi connectivity index (χ2n) is 10.2. The molecule has 1 N–H and O–H groups in total. The first-order chi connectivity index (χ1) is 22.7. The number of rotatable bonds is 14. The second kappa shape index (κ2) is 17.7. The van der Waals surface area contributed by atoms with Crippen LogP contribution < -0.4 is 11.0 Å². The molecular formula is C32H37N5O9S. The molecule has 1 saturated heterocycles. The van der Waals surface area contributed by atoms with Gasteiger partial charge < -0.3 is 24.3 Å². The molecule has 15 heteroatoms. The van der Waals surface area contributed by atoms with Gasteiger partial charge in [0, 0.05) is 25.0 Å². The summed E-state index contributed by atoms with van der Waals surface area (Å²) < 4.78 is 22.7. The molecule has 2 atom stereocenters. The van der Waals surface area contributed by atoms with Crippen molar-refractivity contribution >= 4 is 41.6 Å². The molecule has 0 spiro atoms. The van der Waals surface area contributed by atoms with Gasteiger partial charge in [-0.2, -0.15) is 4.98 Å². The SMILES string of the molecule is CCOC(=O)N(CC(=O)Nc1ccn(C2CSC(COC(=O)CN(Cc3ccccc3)C(=O)OCC)O2)c(=O)n1)Cc1ccccc1. The zero-order valence-electron chi connectivity index (χ0n) is 26.1. The Kier molecular flexibility index (Phi) is 13.2. The van der Waals surface area contributed by atoms with E-state index < -0.39 is 41.4 Å². The van der Waals surface area contributed by atoms with Gasteiger partial charge in [-0.15, -0.1) is 11.8 Å². The van der Waals surface area contributed by atoms with Gasteiger partial charge in [-0.1, -0.05) is 60.7 Å². The van der Waals surface area contributed by atoms with E-state index in [1.54, 1.807) is 13.8 Å². The molecule has 1 aromatic heterocycles. The molecule has 1 aliphatic rings. The minimum Gasteiger partial charge on any atom is -0.461 e. The fourth-order valence-electron chi connectivity index (χ4n) is 4.50. The molecule has 2 heterocycles. The number of carbonyl (C=O) groups excluding carboxylic acids is 4. The molecule has 0 radical (unpaired) electrons. The number of benzene rings is 2. The monoisotopic (exact) mass is 667 g/mol. The van der Waals surface area contributed by atoms with Gasteiger partial charge in [0.15, 0.2) is 0 Å². The van der Waals surface area contributed by atoms with Crippen LogP contribution in [-0.2, 0) is 41.6 Å². The van der Waals surface area contributed by atoms with Gasteiger partial charge in [0.05, 0.1) is 13.2 Å². The third kappa shape index (κ3) is 10.9. The Balaban J connectivity index is 1.27. The van der Waals surface area contributed by atoms with Gasteiger partial charge in [0.25, 0.3) is 0 Å². The fourth-order valence-corrected chi connectivity index (χ4v) is 5.49. The number of nitrogens with zero attached hydrogens (tertiary/aromatic N) is 4. The lowest BCUT2D eigenvalue weighted by Crippen LogP contribution is -2.38. The summed E-state index contributed by atoms with van der Waals surface area (Å²) in [6, 6.07) is 19.8. The number of amides is 3. The zero-order valence-corrected chi connectivity index (χ0v) is 26.9. The summed E-state index contributed by atoms with van der Waals surface area (Å²) in [6.45, 7) is 3.28. The number of thioether (sulfide) groups is 1. The molecule has 1 aliphatic heterocycles. The zero-order chi connectivity index (χ0) is 33.6. The molecule has 47 heavy (non-hydrogen) atoms. The van der Waals surface area contributed by atoms with E-state index in [4.69, 9.17) is 18.9 Å². The highest BCUT2D eigenvalue weighted by molar-refractivity contribution is 8.00. The summed E-state index contributed by atoms with van der Waals surface area (Å²) in [4.78, 5) is 69.5. The van der Waals surface area contributed by atoms with Gasteiger partial charge in [-0.3, -0.25) is 24.0 Å². The molecule has 0 saturated carbocycles. The summed E-state index contributed by atoms with van der Waals surface area (Å²) in [7, 11) is 0. The highest BCUT2D eigenvalue weighted by atomic mass is 32.2. The van der Waals surface area contributed by atoms with Crippen LogP contribution in [0.2, 0.25) is 0 Å². The molecule has 0 bridgehead atoms. The van der Waals surface area contributed by atoms with E-state index in [9.17, 15) is 24.0 Å². The summed E-state index contributed by atoms with van der Waals surface area (Å²) in [5, 5.41) is 2.55. The summed E-state index contributed by atoms with van der Waals surface area (Å²) >= 11 is 1.35. The lowest BCUT2D eigenvalue weighted by Gasteiger charge is -2.21. The summed E-state index contributed by atoms with van der Waals surface area (Å²) in [5.74, 6) is -0.797. The van der Waals surface area contributed by atoms with Crippen molar-refractivity contribution in [2.24, 2.45) is 0 Å². The molecule has 2 aromatic carbocycles. The number of hydrogen-bond acceptors (Lipinski definition) is 11. The highest BCUT2D eigenvalue weighted by Crippen LogP contribution is 2.31. The molecule has 1 fully saturated rings. The normalized spacial score (nSPS) is 15.4. The largest absolute Gasteiger partial charge is 0.461 e. The number of ether oxygens (including phenoxy) is 4. The number of anilines is 1. The number of nitrogens with one attached hydrogen (secondary N) is 1. The van der Waals surface area contributed by atoms with E-state index in [1.165, 1.54) is 38.4 Å². The van der Waals surface area contributed by atoms with Crippen molar-refractivity contribution in [3.8, 4) is 0 Å². The maximum Gasteiger partial charge on any atom is 0.410 e. The molecular weight excluding hydrogens is 630 g/mol. The Bertz CT molecular complexity index is 1560. The van der Waals surface area contributed by atoms with Crippen molar-refractivity contribution in [2.75, 3.05) is 44.0 Å². The molecule has 14 nitrogen and oxygen atoms in total. The fraction of sp³-hybridized carbons (Fsp3) is 0.375. The smallest absolute Gasteiger partial charge is 0.410 e. The van der Waals surface area contributed by atoms with Crippen molar-refractivity contribution in [3.63, 3.8) is 0 Å². The number of aromatic nitrogens is 2. The van der Waals surface area contributed by atoms with Crippen molar-refractivity contribution in [2.45, 2.75) is 38.6 Å². The maximum atomic E-state index is 12.8. The molecule has 2 unspecified atom stereocenters. The van der Waals surface area contributed by atoms with Crippen molar-refractivity contribution in [1.82, 2.24) is 19.4 Å². The van der Waals surface area contributed by atoms with Crippen LogP contribution in [0.1, 0.15) is 31.2 Å². The first-order valence-electron chi connectivity index (χ1n) is 15.0. The number of hydrogen-bond donors (Lipinski definition) is 1. The minimum absolute atomic E-state index is 0.0116. The minimum atomic E-state index is -0.687. The third-order valence-electron chi connectivity index (χ3n) is 6.66. The van der Waals surface area contributed by atoms with Crippen LogP contribution in [0.25, 0.3) is 0 Å². The summed E-state index contributed by atoms with van der Waals surface area (Å²) in [5.41, 5.74) is 0.429. The van der Waals surface area contributed by atoms with E-state index in [-0.39, 0.29) is 51.8 Å². The van der Waals surface area contributed by atoms with Gasteiger partial charge in [-0.25, -0.2) is 14.4 Å². The van der Waals surface area contributed by atoms with E-state index in [2.05, 4.69) is 10.3 Å². The van der Waals surface area contributed by atoms with E-state index >= 15 is 0 Å². The Hall–Kier alpha value is -4.89. The van der Waals surface area contributed by atoms with Crippen molar-refractivity contribution < 1.29 is 38.1 Å². The van der Waals surface area contributed by atoms with Crippen LogP contribution in [0.15, 0.2) is 77.7 Å². The maximum absolute atomic E-state index is 12.8. The third-order valence-corrected chi connectivity index (χ3v) is 7.76. The number of carbonyl (C=O) groups is 4.